The molecule has 0 saturated carbocycles. The first-order valence-electron chi connectivity index (χ1n) is 9.24. The summed E-state index contributed by atoms with van der Waals surface area (Å²) >= 11 is 0. The number of hydrogen-bond acceptors (Lipinski definition) is 5. The molecule has 1 fully saturated rings. The number of hydrogen-bond donors (Lipinski definition) is 0. The smallest absolute Gasteiger partial charge is 0.159 e. The van der Waals surface area contributed by atoms with Crippen LogP contribution in [0.2, 0.25) is 0 Å². The van der Waals surface area contributed by atoms with Gasteiger partial charge in [0.15, 0.2) is 15.5 Å². The maximum atomic E-state index is 11.9. The summed E-state index contributed by atoms with van der Waals surface area (Å²) in [5, 5.41) is 5.68. The fraction of sp³-hybridized carbons (Fsp3) is 0.400. The highest BCUT2D eigenvalue weighted by Gasteiger charge is 2.31. The van der Waals surface area contributed by atoms with Gasteiger partial charge in [0.25, 0.3) is 0 Å². The van der Waals surface area contributed by atoms with E-state index in [4.69, 9.17) is 9.72 Å². The first kappa shape index (κ1) is 16.7. The van der Waals surface area contributed by atoms with Crippen LogP contribution in [0.15, 0.2) is 24.3 Å². The minimum atomic E-state index is -2.98. The van der Waals surface area contributed by atoms with Crippen LogP contribution in [0.4, 0.5) is 0 Å². The molecular weight excluding hydrogens is 362 g/mol. The Bertz CT molecular complexity index is 1180. The van der Waals surface area contributed by atoms with E-state index >= 15 is 0 Å². The molecule has 0 bridgehead atoms. The second-order valence-corrected chi connectivity index (χ2v) is 9.76. The minimum absolute atomic E-state index is 0.137. The summed E-state index contributed by atoms with van der Waals surface area (Å²) in [4.78, 5) is 4.91. The molecule has 2 aromatic heterocycles. The molecule has 0 N–H and O–H groups in total. The van der Waals surface area contributed by atoms with E-state index in [9.17, 15) is 8.42 Å². The zero-order valence-corrected chi connectivity index (χ0v) is 16.2. The molecule has 1 atom stereocenters. The average molecular weight is 383 g/mol. The van der Waals surface area contributed by atoms with Gasteiger partial charge in [0.1, 0.15) is 5.75 Å². The fourth-order valence-electron chi connectivity index (χ4n) is 4.24. The van der Waals surface area contributed by atoms with E-state index in [1.165, 1.54) is 5.56 Å². The van der Waals surface area contributed by atoms with E-state index in [0.717, 1.165) is 52.3 Å². The minimum Gasteiger partial charge on any atom is -0.493 e. The van der Waals surface area contributed by atoms with Crippen LogP contribution in [0.5, 0.6) is 5.75 Å². The average Bonchev–Trinajstić information content (AvgIpc) is 3.31. The number of aryl methyl sites for hydroxylation is 2. The maximum Gasteiger partial charge on any atom is 0.159 e. The summed E-state index contributed by atoms with van der Waals surface area (Å²) in [7, 11) is -2.98. The molecule has 0 spiro atoms. The summed E-state index contributed by atoms with van der Waals surface area (Å²) < 4.78 is 31.3. The maximum absolute atomic E-state index is 11.9. The molecule has 0 amide bonds. The molecule has 5 rings (SSSR count). The number of aromatic nitrogens is 3. The van der Waals surface area contributed by atoms with Gasteiger partial charge in [-0.05, 0) is 55.7 Å². The SMILES string of the molecule is Cc1cc(-c2ccc3c(c2)CCO3)nc2c1c(C)nn2C1CCS(=O)(=O)C1. The number of pyridine rings is 1. The van der Waals surface area contributed by atoms with Gasteiger partial charge in [-0.15, -0.1) is 0 Å². The summed E-state index contributed by atoms with van der Waals surface area (Å²) in [6.45, 7) is 4.75. The number of nitrogens with zero attached hydrogens (tertiary/aromatic N) is 3. The van der Waals surface area contributed by atoms with E-state index in [1.54, 1.807) is 0 Å². The van der Waals surface area contributed by atoms with Gasteiger partial charge in [0, 0.05) is 17.4 Å². The number of benzene rings is 1. The largest absolute Gasteiger partial charge is 0.493 e. The molecule has 27 heavy (non-hydrogen) atoms. The summed E-state index contributed by atoms with van der Waals surface area (Å²) in [5.74, 6) is 1.32. The van der Waals surface area contributed by atoms with Crippen molar-refractivity contribution in [2.45, 2.75) is 32.7 Å². The molecule has 7 heteroatoms. The van der Waals surface area contributed by atoms with Gasteiger partial charge in [-0.2, -0.15) is 5.10 Å². The van der Waals surface area contributed by atoms with Gasteiger partial charge < -0.3 is 4.74 Å². The first-order valence-corrected chi connectivity index (χ1v) is 11.1. The molecular formula is C20H21N3O3S. The van der Waals surface area contributed by atoms with Crippen LogP contribution < -0.4 is 4.74 Å². The molecule has 2 aliphatic heterocycles. The van der Waals surface area contributed by atoms with Crippen LogP contribution in [-0.4, -0.2) is 41.3 Å². The number of rotatable bonds is 2. The van der Waals surface area contributed by atoms with Gasteiger partial charge in [-0.25, -0.2) is 18.1 Å². The fourth-order valence-corrected chi connectivity index (χ4v) is 5.94. The van der Waals surface area contributed by atoms with Crippen molar-refractivity contribution in [2.75, 3.05) is 18.1 Å². The zero-order valence-electron chi connectivity index (χ0n) is 15.4. The number of fused-ring (bicyclic) bond motifs is 2. The van der Waals surface area contributed by atoms with Crippen LogP contribution in [-0.2, 0) is 16.3 Å². The lowest BCUT2D eigenvalue weighted by molar-refractivity contribution is 0.357. The molecule has 2 aliphatic rings. The number of ether oxygens (including phenoxy) is 1. The third-order valence-electron chi connectivity index (χ3n) is 5.57. The van der Waals surface area contributed by atoms with E-state index in [2.05, 4.69) is 24.2 Å². The van der Waals surface area contributed by atoms with E-state index in [-0.39, 0.29) is 17.5 Å². The van der Waals surface area contributed by atoms with Gasteiger partial charge in [0.05, 0.1) is 35.5 Å². The molecule has 0 aliphatic carbocycles. The van der Waals surface area contributed by atoms with Crippen molar-refractivity contribution >= 4 is 20.9 Å². The summed E-state index contributed by atoms with van der Waals surface area (Å²) in [5.41, 5.74) is 5.93. The molecule has 6 nitrogen and oxygen atoms in total. The third kappa shape index (κ3) is 2.72. The Kier molecular flexibility index (Phi) is 3.59. The standard InChI is InChI=1S/C20H21N3O3S/c1-12-9-17(14-3-4-18-15(10-14)5-7-26-18)21-20-19(12)13(2)22-23(20)16-6-8-27(24,25)11-16/h3-4,9-10,16H,5-8,11H2,1-2H3. The van der Waals surface area contributed by atoms with Crippen LogP contribution >= 0.6 is 0 Å². The summed E-state index contributed by atoms with van der Waals surface area (Å²) in [6.07, 6.45) is 1.51. The van der Waals surface area contributed by atoms with E-state index in [1.807, 2.05) is 23.7 Å². The van der Waals surface area contributed by atoms with Gasteiger partial charge >= 0.3 is 0 Å². The highest BCUT2D eigenvalue weighted by Crippen LogP contribution is 2.34. The van der Waals surface area contributed by atoms with Crippen molar-refractivity contribution in [1.82, 2.24) is 14.8 Å². The van der Waals surface area contributed by atoms with Crippen molar-refractivity contribution < 1.29 is 13.2 Å². The monoisotopic (exact) mass is 383 g/mol. The Hall–Kier alpha value is -2.41. The highest BCUT2D eigenvalue weighted by atomic mass is 32.2. The first-order chi connectivity index (χ1) is 12.9. The molecule has 1 saturated heterocycles. The van der Waals surface area contributed by atoms with E-state index in [0.29, 0.717) is 6.42 Å². The Morgan fingerprint density at radius 3 is 2.85 bits per heavy atom. The second kappa shape index (κ2) is 5.79. The van der Waals surface area contributed by atoms with Crippen molar-refractivity contribution in [1.29, 1.82) is 0 Å². The van der Waals surface area contributed by atoms with Gasteiger partial charge in [0.2, 0.25) is 0 Å². The third-order valence-corrected chi connectivity index (χ3v) is 7.32. The molecule has 1 unspecified atom stereocenters. The predicted octanol–water partition coefficient (Wildman–Crippen LogP) is 3.01. The van der Waals surface area contributed by atoms with Crippen LogP contribution in [0.3, 0.4) is 0 Å². The van der Waals surface area contributed by atoms with Crippen LogP contribution in [0, 0.1) is 13.8 Å². The highest BCUT2D eigenvalue weighted by molar-refractivity contribution is 7.91. The lowest BCUT2D eigenvalue weighted by Crippen LogP contribution is -2.13. The zero-order chi connectivity index (χ0) is 18.8. The Morgan fingerprint density at radius 1 is 1.22 bits per heavy atom. The van der Waals surface area contributed by atoms with Crippen molar-refractivity contribution in [3.05, 3.63) is 41.1 Å². The Labute approximate surface area is 158 Å². The topological polar surface area (TPSA) is 74.1 Å². The molecule has 1 aromatic carbocycles. The van der Waals surface area contributed by atoms with Crippen molar-refractivity contribution in [2.24, 2.45) is 0 Å². The molecule has 140 valence electrons. The lowest BCUT2D eigenvalue weighted by atomic mass is 10.0. The molecule has 4 heterocycles. The molecule has 3 aromatic rings. The Morgan fingerprint density at radius 2 is 2.07 bits per heavy atom. The Balaban J connectivity index is 1.66. The van der Waals surface area contributed by atoms with Crippen LogP contribution in [0.25, 0.3) is 22.3 Å². The van der Waals surface area contributed by atoms with E-state index < -0.39 is 9.84 Å². The number of sulfone groups is 1. The summed E-state index contributed by atoms with van der Waals surface area (Å²) in [6, 6.07) is 8.13. The second-order valence-electron chi connectivity index (χ2n) is 7.53. The molecule has 0 radical (unpaired) electrons. The normalized spacial score (nSPS) is 20.7. The van der Waals surface area contributed by atoms with Gasteiger partial charge in [-0.3, -0.25) is 0 Å². The van der Waals surface area contributed by atoms with Crippen LogP contribution in [0.1, 0.15) is 29.3 Å². The van der Waals surface area contributed by atoms with Crippen molar-refractivity contribution in [3.63, 3.8) is 0 Å². The van der Waals surface area contributed by atoms with Crippen molar-refractivity contribution in [3.8, 4) is 17.0 Å². The van der Waals surface area contributed by atoms with Gasteiger partial charge in [-0.1, -0.05) is 0 Å². The quantitative estimate of drug-likeness (QED) is 0.680. The lowest BCUT2D eigenvalue weighted by Gasteiger charge is -2.11. The predicted molar refractivity (Wildman–Crippen MR) is 104 cm³/mol.